The van der Waals surface area contributed by atoms with E-state index in [-0.39, 0.29) is 12.1 Å². The molecular weight excluding hydrogens is 232 g/mol. The number of aliphatic carboxylic acids is 1. The Bertz CT molecular complexity index is 269. The van der Waals surface area contributed by atoms with Crippen LogP contribution in [0.25, 0.3) is 0 Å². The summed E-state index contributed by atoms with van der Waals surface area (Å²) >= 11 is 0. The van der Waals surface area contributed by atoms with Crippen molar-refractivity contribution >= 4 is 11.9 Å². The summed E-state index contributed by atoms with van der Waals surface area (Å²) in [7, 11) is 0. The molecule has 4 N–H and O–H groups in total. The lowest BCUT2D eigenvalue weighted by molar-refractivity contribution is -0.310. The number of rotatable bonds is 7. The minimum Gasteiger partial charge on any atom is -0.548 e. The van der Waals surface area contributed by atoms with Crippen LogP contribution in [0, 0.1) is 0 Å². The van der Waals surface area contributed by atoms with Crippen molar-refractivity contribution in [1.29, 1.82) is 0 Å². The summed E-state index contributed by atoms with van der Waals surface area (Å²) < 4.78 is 0. The molecule has 1 atom stereocenters. The predicted molar refractivity (Wildman–Crippen MR) is 69.1 cm³/mol. The highest BCUT2D eigenvalue weighted by atomic mass is 16.4. The number of likely N-dealkylation sites (tertiary alicyclic amines) is 1. The zero-order valence-corrected chi connectivity index (χ0v) is 11.6. The Balaban J connectivity index is 0.00000289. The van der Waals surface area contributed by atoms with Gasteiger partial charge in [0.1, 0.15) is 0 Å². The summed E-state index contributed by atoms with van der Waals surface area (Å²) in [6.07, 6.45) is 7.29. The van der Waals surface area contributed by atoms with Gasteiger partial charge in [0.2, 0.25) is 5.91 Å². The van der Waals surface area contributed by atoms with Crippen LogP contribution in [0.2, 0.25) is 0 Å². The average molecular weight is 258 g/mol. The number of amides is 1. The van der Waals surface area contributed by atoms with Gasteiger partial charge in [0.15, 0.2) is 0 Å². The Labute approximate surface area is 109 Å². The van der Waals surface area contributed by atoms with Gasteiger partial charge in [0, 0.05) is 13.0 Å². The molecule has 0 radical (unpaired) electrons. The molecule has 1 heterocycles. The smallest absolute Gasteiger partial charge is 0.223 e. The molecule has 0 unspecified atom stereocenters. The molecule has 1 aliphatic heterocycles. The molecule has 0 saturated carbocycles. The van der Waals surface area contributed by atoms with Crippen molar-refractivity contribution in [3.05, 3.63) is 0 Å². The van der Waals surface area contributed by atoms with Crippen LogP contribution < -0.4 is 11.3 Å². The molecular formula is C13H26N2O3. The molecule has 1 saturated heterocycles. The number of quaternary nitrogens is 1. The van der Waals surface area contributed by atoms with Gasteiger partial charge < -0.3 is 21.0 Å². The fourth-order valence-corrected chi connectivity index (χ4v) is 2.33. The van der Waals surface area contributed by atoms with Crippen molar-refractivity contribution in [3.8, 4) is 0 Å². The van der Waals surface area contributed by atoms with E-state index in [1.54, 1.807) is 0 Å². The number of unbranched alkanes of at least 4 members (excludes halogenated alkanes) is 4. The Morgan fingerprint density at radius 3 is 2.50 bits per heavy atom. The fourth-order valence-electron chi connectivity index (χ4n) is 2.33. The first-order chi connectivity index (χ1) is 8.16. The molecule has 1 fully saturated rings. The van der Waals surface area contributed by atoms with Gasteiger partial charge in [-0.1, -0.05) is 32.6 Å². The van der Waals surface area contributed by atoms with Gasteiger partial charge in [-0.2, -0.15) is 0 Å². The van der Waals surface area contributed by atoms with Crippen LogP contribution >= 0.6 is 0 Å². The van der Waals surface area contributed by atoms with E-state index in [9.17, 15) is 14.7 Å². The highest BCUT2D eigenvalue weighted by molar-refractivity contribution is 5.83. The summed E-state index contributed by atoms with van der Waals surface area (Å²) in [6.45, 7) is 2.73. The van der Waals surface area contributed by atoms with Crippen LogP contribution in [0.4, 0.5) is 0 Å². The van der Waals surface area contributed by atoms with E-state index in [1.807, 2.05) is 0 Å². The second kappa shape index (κ2) is 8.91. The first kappa shape index (κ1) is 16.9. The second-order valence-corrected chi connectivity index (χ2v) is 4.73. The molecule has 1 rings (SSSR count). The maximum Gasteiger partial charge on any atom is 0.223 e. The van der Waals surface area contributed by atoms with E-state index in [0.717, 1.165) is 25.7 Å². The largest absolute Gasteiger partial charge is 0.548 e. The van der Waals surface area contributed by atoms with E-state index in [0.29, 0.717) is 19.4 Å². The Hall–Kier alpha value is -1.10. The van der Waals surface area contributed by atoms with E-state index >= 15 is 0 Å². The molecule has 1 amide bonds. The van der Waals surface area contributed by atoms with Crippen LogP contribution in [0.5, 0.6) is 0 Å². The summed E-state index contributed by atoms with van der Waals surface area (Å²) in [5, 5.41) is 10.8. The number of carboxylic acid groups (broad SMARTS) is 1. The molecule has 0 aromatic carbocycles. The number of hydrogen-bond acceptors (Lipinski definition) is 3. The van der Waals surface area contributed by atoms with Crippen LogP contribution in [0.15, 0.2) is 0 Å². The maximum absolute atomic E-state index is 11.8. The van der Waals surface area contributed by atoms with Crippen molar-refractivity contribution < 1.29 is 14.7 Å². The minimum atomic E-state index is -1.11. The van der Waals surface area contributed by atoms with E-state index < -0.39 is 12.0 Å². The zero-order chi connectivity index (χ0) is 12.7. The van der Waals surface area contributed by atoms with Crippen molar-refractivity contribution in [2.45, 2.75) is 64.3 Å². The highest BCUT2D eigenvalue weighted by Gasteiger charge is 2.28. The van der Waals surface area contributed by atoms with Crippen molar-refractivity contribution in [2.24, 2.45) is 0 Å². The van der Waals surface area contributed by atoms with Gasteiger partial charge >= 0.3 is 0 Å². The van der Waals surface area contributed by atoms with Crippen LogP contribution in [-0.2, 0) is 9.59 Å². The number of carbonyl (C=O) groups excluding carboxylic acids is 2. The summed E-state index contributed by atoms with van der Waals surface area (Å²) in [5.74, 6) is -1.13. The first-order valence-corrected chi connectivity index (χ1v) is 6.67. The van der Waals surface area contributed by atoms with Gasteiger partial charge in [-0.15, -0.1) is 0 Å². The number of nitrogens with zero attached hydrogens (tertiary/aromatic N) is 1. The second-order valence-electron chi connectivity index (χ2n) is 4.73. The van der Waals surface area contributed by atoms with Gasteiger partial charge in [-0.05, 0) is 19.3 Å². The van der Waals surface area contributed by atoms with Gasteiger partial charge in [-0.3, -0.25) is 4.79 Å². The zero-order valence-electron chi connectivity index (χ0n) is 11.6. The van der Waals surface area contributed by atoms with E-state index in [2.05, 4.69) is 6.92 Å². The number of hydrogen-bond donors (Lipinski definition) is 1. The molecule has 0 spiro atoms. The molecule has 0 aromatic heterocycles. The van der Waals surface area contributed by atoms with Crippen LogP contribution in [0.3, 0.4) is 0 Å². The Kier molecular flexibility index (Phi) is 8.37. The van der Waals surface area contributed by atoms with Gasteiger partial charge in [0.05, 0.1) is 12.0 Å². The van der Waals surface area contributed by atoms with Gasteiger partial charge in [0.25, 0.3) is 0 Å². The fraction of sp³-hybridized carbons (Fsp3) is 0.846. The van der Waals surface area contributed by atoms with E-state index in [4.69, 9.17) is 0 Å². The third kappa shape index (κ3) is 5.04. The number of carbonyl (C=O) groups is 2. The standard InChI is InChI=1S/C13H23NO3.H3N/c1-2-3-4-5-6-9-12(15)14-10-7-8-11(14)13(16)17;/h11H,2-10H2,1H3,(H,16,17);1H3/t11-;/m0./s1. The van der Waals surface area contributed by atoms with Crippen molar-refractivity contribution in [1.82, 2.24) is 11.1 Å². The molecule has 1 aliphatic rings. The molecule has 5 nitrogen and oxygen atoms in total. The predicted octanol–water partition coefficient (Wildman–Crippen LogP) is 1.46. The summed E-state index contributed by atoms with van der Waals surface area (Å²) in [6, 6.07) is -0.682. The monoisotopic (exact) mass is 258 g/mol. The topological polar surface area (TPSA) is 96.9 Å². The first-order valence-electron chi connectivity index (χ1n) is 6.67. The third-order valence-corrected chi connectivity index (χ3v) is 3.34. The third-order valence-electron chi connectivity index (χ3n) is 3.34. The van der Waals surface area contributed by atoms with Crippen molar-refractivity contribution in [2.75, 3.05) is 6.54 Å². The Morgan fingerprint density at radius 2 is 1.89 bits per heavy atom. The van der Waals surface area contributed by atoms with Gasteiger partial charge in [-0.25, -0.2) is 0 Å². The molecule has 106 valence electrons. The molecule has 0 bridgehead atoms. The SMILES string of the molecule is CCCCCCCC(=O)N1CCC[C@H]1C(=O)[O-].[NH4+]. The quantitative estimate of drug-likeness (QED) is 0.700. The van der Waals surface area contributed by atoms with Crippen LogP contribution in [-0.4, -0.2) is 29.4 Å². The molecule has 18 heavy (non-hydrogen) atoms. The van der Waals surface area contributed by atoms with Crippen LogP contribution in [0.1, 0.15) is 58.3 Å². The number of carboxylic acids is 1. The lowest BCUT2D eigenvalue weighted by Crippen LogP contribution is -2.46. The Morgan fingerprint density at radius 1 is 1.22 bits per heavy atom. The maximum atomic E-state index is 11.8. The molecule has 0 aliphatic carbocycles. The lowest BCUT2D eigenvalue weighted by Gasteiger charge is -2.25. The average Bonchev–Trinajstić information content (AvgIpc) is 2.77. The minimum absolute atomic E-state index is 0. The van der Waals surface area contributed by atoms with E-state index in [1.165, 1.54) is 17.7 Å². The lowest BCUT2D eigenvalue weighted by atomic mass is 10.1. The summed E-state index contributed by atoms with van der Waals surface area (Å²) in [4.78, 5) is 24.1. The molecule has 0 aromatic rings. The normalized spacial score (nSPS) is 18.5. The summed E-state index contributed by atoms with van der Waals surface area (Å²) in [5.41, 5.74) is 0. The van der Waals surface area contributed by atoms with Crippen molar-refractivity contribution in [3.63, 3.8) is 0 Å². The highest BCUT2D eigenvalue weighted by Crippen LogP contribution is 2.18. The molecule has 5 heteroatoms.